The molecule has 1 amide bonds. The molecule has 0 unspecified atom stereocenters. The van der Waals surface area contributed by atoms with Crippen LogP contribution in [0.4, 0.5) is 4.79 Å². The Kier molecular flexibility index (Phi) is 5.82. The highest BCUT2D eigenvalue weighted by Crippen LogP contribution is 2.17. The zero-order valence-corrected chi connectivity index (χ0v) is 14.2. The normalized spacial score (nSPS) is 19.3. The predicted molar refractivity (Wildman–Crippen MR) is 88.6 cm³/mol. The summed E-state index contributed by atoms with van der Waals surface area (Å²) in [5, 5.41) is 2.82. The van der Waals surface area contributed by atoms with Crippen LogP contribution in [0.25, 0.3) is 0 Å². The molecule has 2 N–H and O–H groups in total. The monoisotopic (exact) mass is 321 g/mol. The van der Waals surface area contributed by atoms with E-state index in [4.69, 9.17) is 4.74 Å². The number of amides is 1. The number of rotatable bonds is 5. The van der Waals surface area contributed by atoms with E-state index in [9.17, 15) is 9.59 Å². The van der Waals surface area contributed by atoms with E-state index in [0.29, 0.717) is 18.8 Å². The number of aromatic amines is 1. The zero-order chi connectivity index (χ0) is 16.9. The highest BCUT2D eigenvalue weighted by Gasteiger charge is 2.26. The minimum atomic E-state index is -0.500. The van der Waals surface area contributed by atoms with Crippen LogP contribution in [0.5, 0.6) is 0 Å². The summed E-state index contributed by atoms with van der Waals surface area (Å²) in [6, 6.07) is 3.79. The molecule has 0 aromatic carbocycles. The van der Waals surface area contributed by atoms with Crippen molar-refractivity contribution in [3.05, 3.63) is 24.0 Å². The number of likely N-dealkylation sites (tertiary alicyclic amines) is 1. The van der Waals surface area contributed by atoms with Crippen molar-refractivity contribution >= 4 is 11.9 Å². The molecule has 1 saturated heterocycles. The SMILES string of the molecule is CC(C)(C)OC(=O)NC[C@@H]1CCCCN1CC(=O)c1ccc[nH]1. The van der Waals surface area contributed by atoms with E-state index < -0.39 is 11.7 Å². The highest BCUT2D eigenvalue weighted by molar-refractivity contribution is 5.95. The van der Waals surface area contributed by atoms with Crippen LogP contribution in [0.2, 0.25) is 0 Å². The third-order valence-corrected chi connectivity index (χ3v) is 3.88. The van der Waals surface area contributed by atoms with Crippen molar-refractivity contribution < 1.29 is 14.3 Å². The van der Waals surface area contributed by atoms with Crippen molar-refractivity contribution in [3.63, 3.8) is 0 Å². The number of H-pyrrole nitrogens is 1. The molecule has 0 radical (unpaired) electrons. The molecule has 1 aromatic heterocycles. The molecule has 0 saturated carbocycles. The number of carbonyl (C=O) groups is 2. The number of piperidine rings is 1. The Morgan fingerprint density at radius 1 is 1.39 bits per heavy atom. The molecule has 1 fully saturated rings. The van der Waals surface area contributed by atoms with Gasteiger partial charge in [0, 0.05) is 18.8 Å². The minimum Gasteiger partial charge on any atom is -0.444 e. The Morgan fingerprint density at radius 2 is 2.17 bits per heavy atom. The summed E-state index contributed by atoms with van der Waals surface area (Å²) in [6.45, 7) is 7.29. The van der Waals surface area contributed by atoms with Crippen LogP contribution in [0, 0.1) is 0 Å². The number of Topliss-reactive ketones (excluding diaryl/α,β-unsaturated/α-hetero) is 1. The smallest absolute Gasteiger partial charge is 0.407 e. The number of ether oxygens (including phenoxy) is 1. The average Bonchev–Trinajstić information content (AvgIpc) is 2.99. The summed E-state index contributed by atoms with van der Waals surface area (Å²) in [5.41, 5.74) is 0.134. The van der Waals surface area contributed by atoms with E-state index in [1.165, 1.54) is 0 Å². The van der Waals surface area contributed by atoms with Crippen LogP contribution in [0.1, 0.15) is 50.5 Å². The summed E-state index contributed by atoms with van der Waals surface area (Å²) in [4.78, 5) is 29.2. The van der Waals surface area contributed by atoms with Crippen LogP contribution < -0.4 is 5.32 Å². The Balaban J connectivity index is 1.86. The van der Waals surface area contributed by atoms with E-state index in [1.807, 2.05) is 26.8 Å². The number of nitrogens with one attached hydrogen (secondary N) is 2. The van der Waals surface area contributed by atoms with Gasteiger partial charge >= 0.3 is 6.09 Å². The maximum absolute atomic E-state index is 12.3. The molecular weight excluding hydrogens is 294 g/mol. The van der Waals surface area contributed by atoms with Gasteiger partial charge in [0.15, 0.2) is 5.78 Å². The first-order chi connectivity index (χ1) is 10.8. The third-order valence-electron chi connectivity index (χ3n) is 3.88. The van der Waals surface area contributed by atoms with Crippen molar-refractivity contribution in [2.24, 2.45) is 0 Å². The van der Waals surface area contributed by atoms with Crippen molar-refractivity contribution in [1.29, 1.82) is 0 Å². The summed E-state index contributed by atoms with van der Waals surface area (Å²) < 4.78 is 5.26. The standard InChI is InChI=1S/C17H27N3O3/c1-17(2,3)23-16(22)19-11-13-7-4-5-10-20(13)12-15(21)14-8-6-9-18-14/h6,8-9,13,18H,4-5,7,10-12H2,1-3H3,(H,19,22)/t13-/m0/s1. The minimum absolute atomic E-state index is 0.0826. The van der Waals surface area contributed by atoms with Crippen LogP contribution in [0.15, 0.2) is 18.3 Å². The Labute approximate surface area is 137 Å². The van der Waals surface area contributed by atoms with Gasteiger partial charge in [0.05, 0.1) is 12.2 Å². The van der Waals surface area contributed by atoms with Gasteiger partial charge < -0.3 is 15.0 Å². The van der Waals surface area contributed by atoms with E-state index in [2.05, 4.69) is 15.2 Å². The number of hydrogen-bond acceptors (Lipinski definition) is 4. The first-order valence-corrected chi connectivity index (χ1v) is 8.22. The Bertz CT molecular complexity index is 520. The largest absolute Gasteiger partial charge is 0.444 e. The summed E-state index contributed by atoms with van der Waals surface area (Å²) in [6.07, 6.45) is 4.53. The summed E-state index contributed by atoms with van der Waals surface area (Å²) >= 11 is 0. The molecule has 6 nitrogen and oxygen atoms in total. The van der Waals surface area contributed by atoms with Gasteiger partial charge in [-0.25, -0.2) is 4.79 Å². The van der Waals surface area contributed by atoms with Gasteiger partial charge in [0.25, 0.3) is 0 Å². The predicted octanol–water partition coefficient (Wildman–Crippen LogP) is 2.58. The fourth-order valence-electron chi connectivity index (χ4n) is 2.79. The van der Waals surface area contributed by atoms with Gasteiger partial charge in [-0.15, -0.1) is 0 Å². The van der Waals surface area contributed by atoms with E-state index in [0.717, 1.165) is 25.8 Å². The summed E-state index contributed by atoms with van der Waals surface area (Å²) in [7, 11) is 0. The molecule has 2 heterocycles. The lowest BCUT2D eigenvalue weighted by Crippen LogP contribution is -2.49. The summed E-state index contributed by atoms with van der Waals surface area (Å²) in [5.74, 6) is 0.0826. The number of ketones is 1. The second-order valence-corrected chi connectivity index (χ2v) is 7.01. The second-order valence-electron chi connectivity index (χ2n) is 7.01. The zero-order valence-electron chi connectivity index (χ0n) is 14.2. The quantitative estimate of drug-likeness (QED) is 0.818. The van der Waals surface area contributed by atoms with E-state index >= 15 is 0 Å². The fourth-order valence-corrected chi connectivity index (χ4v) is 2.79. The molecule has 2 rings (SSSR count). The molecule has 1 aliphatic heterocycles. The number of nitrogens with zero attached hydrogens (tertiary/aromatic N) is 1. The Hall–Kier alpha value is -1.82. The maximum Gasteiger partial charge on any atom is 0.407 e. The first kappa shape index (κ1) is 17.5. The van der Waals surface area contributed by atoms with Gasteiger partial charge in [0.2, 0.25) is 0 Å². The maximum atomic E-state index is 12.3. The molecule has 0 aliphatic carbocycles. The second kappa shape index (κ2) is 7.64. The van der Waals surface area contributed by atoms with E-state index in [1.54, 1.807) is 12.3 Å². The molecule has 0 bridgehead atoms. The van der Waals surface area contributed by atoms with Crippen LogP contribution in [0.3, 0.4) is 0 Å². The lowest BCUT2D eigenvalue weighted by molar-refractivity contribution is 0.0495. The van der Waals surface area contributed by atoms with E-state index in [-0.39, 0.29) is 11.8 Å². The molecule has 1 aliphatic rings. The fraction of sp³-hybridized carbons (Fsp3) is 0.647. The molecule has 1 aromatic rings. The third kappa shape index (κ3) is 5.71. The van der Waals surface area contributed by atoms with Gasteiger partial charge in [-0.3, -0.25) is 9.69 Å². The molecule has 6 heteroatoms. The van der Waals surface area contributed by atoms with Gasteiger partial charge in [-0.1, -0.05) is 6.42 Å². The van der Waals surface area contributed by atoms with Crippen molar-refractivity contribution in [1.82, 2.24) is 15.2 Å². The van der Waals surface area contributed by atoms with Crippen molar-refractivity contribution in [3.8, 4) is 0 Å². The van der Waals surface area contributed by atoms with Crippen LogP contribution >= 0.6 is 0 Å². The Morgan fingerprint density at radius 3 is 2.83 bits per heavy atom. The molecule has 128 valence electrons. The molecule has 23 heavy (non-hydrogen) atoms. The van der Waals surface area contributed by atoms with Gasteiger partial charge in [-0.2, -0.15) is 0 Å². The van der Waals surface area contributed by atoms with Gasteiger partial charge in [0.1, 0.15) is 5.60 Å². The van der Waals surface area contributed by atoms with Gasteiger partial charge in [-0.05, 0) is 52.3 Å². The molecular formula is C17H27N3O3. The number of carbonyl (C=O) groups excluding carboxylic acids is 2. The molecule has 0 spiro atoms. The van der Waals surface area contributed by atoms with Crippen LogP contribution in [-0.2, 0) is 4.74 Å². The van der Waals surface area contributed by atoms with Crippen LogP contribution in [-0.4, -0.2) is 53.0 Å². The number of aromatic nitrogens is 1. The number of hydrogen-bond donors (Lipinski definition) is 2. The van der Waals surface area contributed by atoms with Crippen molar-refractivity contribution in [2.45, 2.75) is 51.7 Å². The first-order valence-electron chi connectivity index (χ1n) is 8.22. The molecule has 1 atom stereocenters. The topological polar surface area (TPSA) is 74.4 Å². The highest BCUT2D eigenvalue weighted by atomic mass is 16.6. The lowest BCUT2D eigenvalue weighted by atomic mass is 10.0. The number of alkyl carbamates (subject to hydrolysis) is 1. The lowest BCUT2D eigenvalue weighted by Gasteiger charge is -2.35. The average molecular weight is 321 g/mol. The van der Waals surface area contributed by atoms with Crippen molar-refractivity contribution in [2.75, 3.05) is 19.6 Å².